The van der Waals surface area contributed by atoms with E-state index in [9.17, 15) is 14.7 Å². The van der Waals surface area contributed by atoms with Crippen molar-refractivity contribution in [1.82, 2.24) is 0 Å². The smallest absolute Gasteiger partial charge is 0.345 e. The SMILES string of the molecule is CCCCCCCCCCCCCCCCCCCC(=O)OC(CCCCCCCCCCCCCCC)C(=O)O. The molecule has 41 heavy (non-hydrogen) atoms. The fourth-order valence-corrected chi connectivity index (χ4v) is 5.79. The molecule has 1 unspecified atom stereocenters. The zero-order valence-electron chi connectivity index (χ0n) is 27.9. The maximum absolute atomic E-state index is 12.2. The van der Waals surface area contributed by atoms with E-state index in [4.69, 9.17) is 4.74 Å². The van der Waals surface area contributed by atoms with Crippen molar-refractivity contribution < 1.29 is 19.4 Å². The number of esters is 1. The highest BCUT2D eigenvalue weighted by Crippen LogP contribution is 2.16. The van der Waals surface area contributed by atoms with Crippen LogP contribution in [0.1, 0.15) is 219 Å². The largest absolute Gasteiger partial charge is 0.479 e. The molecule has 0 bridgehead atoms. The molecule has 0 saturated heterocycles. The summed E-state index contributed by atoms with van der Waals surface area (Å²) in [5.74, 6) is -1.34. The van der Waals surface area contributed by atoms with Gasteiger partial charge in [0.2, 0.25) is 0 Å². The van der Waals surface area contributed by atoms with Gasteiger partial charge < -0.3 is 9.84 Å². The number of carboxylic acids is 1. The average molecular weight is 581 g/mol. The zero-order chi connectivity index (χ0) is 30.1. The lowest BCUT2D eigenvalue weighted by Gasteiger charge is -2.13. The summed E-state index contributed by atoms with van der Waals surface area (Å²) in [7, 11) is 0. The second-order valence-electron chi connectivity index (χ2n) is 12.8. The molecular weight excluding hydrogens is 508 g/mol. The number of unbranched alkanes of at least 4 members (excludes halogenated alkanes) is 28. The summed E-state index contributed by atoms with van der Waals surface area (Å²) >= 11 is 0. The van der Waals surface area contributed by atoms with Crippen molar-refractivity contribution in [3.05, 3.63) is 0 Å². The van der Waals surface area contributed by atoms with Crippen LogP contribution < -0.4 is 0 Å². The lowest BCUT2D eigenvalue weighted by atomic mass is 10.0. The van der Waals surface area contributed by atoms with Gasteiger partial charge in [0.15, 0.2) is 6.10 Å². The van der Waals surface area contributed by atoms with E-state index in [2.05, 4.69) is 13.8 Å². The number of ether oxygens (including phenoxy) is 1. The molecule has 0 amide bonds. The predicted octanol–water partition coefficient (Wildman–Crippen LogP) is 12.5. The third-order valence-corrected chi connectivity index (χ3v) is 8.60. The molecule has 4 nitrogen and oxygen atoms in total. The van der Waals surface area contributed by atoms with Crippen molar-refractivity contribution in [2.24, 2.45) is 0 Å². The number of hydrogen-bond donors (Lipinski definition) is 1. The molecule has 0 aliphatic heterocycles. The van der Waals surface area contributed by atoms with Gasteiger partial charge in [-0.3, -0.25) is 4.79 Å². The third kappa shape index (κ3) is 31.7. The molecule has 4 heteroatoms. The van der Waals surface area contributed by atoms with E-state index in [-0.39, 0.29) is 5.97 Å². The minimum atomic E-state index is -1.00. The fraction of sp³-hybridized carbons (Fsp3) is 0.946. The van der Waals surface area contributed by atoms with Crippen molar-refractivity contribution >= 4 is 11.9 Å². The highest BCUT2D eigenvalue weighted by atomic mass is 16.6. The second-order valence-corrected chi connectivity index (χ2v) is 12.8. The van der Waals surface area contributed by atoms with E-state index < -0.39 is 12.1 Å². The Labute approximate surface area is 256 Å². The molecule has 0 rings (SSSR count). The van der Waals surface area contributed by atoms with Crippen LogP contribution in [-0.4, -0.2) is 23.1 Å². The van der Waals surface area contributed by atoms with Gasteiger partial charge in [0.1, 0.15) is 0 Å². The fourth-order valence-electron chi connectivity index (χ4n) is 5.79. The Morgan fingerprint density at radius 1 is 0.439 bits per heavy atom. The Bertz CT molecular complexity index is 547. The molecule has 0 aliphatic carbocycles. The molecule has 0 saturated carbocycles. The molecule has 0 aromatic rings. The lowest BCUT2D eigenvalue weighted by Crippen LogP contribution is -2.27. The Hall–Kier alpha value is -1.06. The van der Waals surface area contributed by atoms with E-state index in [1.54, 1.807) is 0 Å². The minimum Gasteiger partial charge on any atom is -0.479 e. The first-order valence-corrected chi connectivity index (χ1v) is 18.5. The summed E-state index contributed by atoms with van der Waals surface area (Å²) in [6.07, 6.45) is 38.5. The Morgan fingerprint density at radius 3 is 1.00 bits per heavy atom. The number of hydrogen-bond acceptors (Lipinski definition) is 3. The molecule has 1 N–H and O–H groups in total. The van der Waals surface area contributed by atoms with Crippen LogP contribution in [0.4, 0.5) is 0 Å². The summed E-state index contributed by atoms with van der Waals surface area (Å²) in [6, 6.07) is 0. The number of aliphatic carboxylic acids is 1. The molecule has 244 valence electrons. The van der Waals surface area contributed by atoms with E-state index in [0.29, 0.717) is 12.8 Å². The highest BCUT2D eigenvalue weighted by Gasteiger charge is 2.21. The van der Waals surface area contributed by atoms with E-state index in [1.165, 1.54) is 154 Å². The molecule has 0 heterocycles. The topological polar surface area (TPSA) is 63.6 Å². The van der Waals surface area contributed by atoms with Crippen molar-refractivity contribution in [3.63, 3.8) is 0 Å². The summed E-state index contributed by atoms with van der Waals surface area (Å²) in [5, 5.41) is 9.46. The van der Waals surface area contributed by atoms with Crippen LogP contribution in [0.25, 0.3) is 0 Å². The van der Waals surface area contributed by atoms with Crippen LogP contribution in [-0.2, 0) is 14.3 Å². The van der Waals surface area contributed by atoms with Crippen LogP contribution in [0, 0.1) is 0 Å². The van der Waals surface area contributed by atoms with E-state index in [0.717, 1.165) is 38.5 Å². The van der Waals surface area contributed by atoms with Gasteiger partial charge in [-0.25, -0.2) is 4.79 Å². The van der Waals surface area contributed by atoms with Crippen LogP contribution in [0.2, 0.25) is 0 Å². The third-order valence-electron chi connectivity index (χ3n) is 8.60. The number of rotatable bonds is 34. The number of carbonyl (C=O) groups excluding carboxylic acids is 1. The van der Waals surface area contributed by atoms with E-state index in [1.807, 2.05) is 0 Å². The predicted molar refractivity (Wildman–Crippen MR) is 177 cm³/mol. The molecule has 0 aromatic carbocycles. The first-order valence-electron chi connectivity index (χ1n) is 18.5. The summed E-state index contributed by atoms with van der Waals surface area (Å²) in [6.45, 7) is 4.54. The molecule has 0 fully saturated rings. The van der Waals surface area contributed by atoms with E-state index >= 15 is 0 Å². The van der Waals surface area contributed by atoms with Crippen molar-refractivity contribution in [2.45, 2.75) is 225 Å². The quantitative estimate of drug-likeness (QED) is 0.0607. The maximum atomic E-state index is 12.2. The molecule has 0 aromatic heterocycles. The van der Waals surface area contributed by atoms with Crippen molar-refractivity contribution in [3.8, 4) is 0 Å². The van der Waals surface area contributed by atoms with Crippen LogP contribution in [0.15, 0.2) is 0 Å². The van der Waals surface area contributed by atoms with Crippen LogP contribution in [0.5, 0.6) is 0 Å². The minimum absolute atomic E-state index is 0.340. The highest BCUT2D eigenvalue weighted by molar-refractivity contribution is 5.77. The van der Waals surface area contributed by atoms with Crippen LogP contribution >= 0.6 is 0 Å². The normalized spacial score (nSPS) is 12.0. The lowest BCUT2D eigenvalue weighted by molar-refractivity contribution is -0.164. The molecule has 0 radical (unpaired) electrons. The molecule has 0 spiro atoms. The molecule has 0 aliphatic rings. The maximum Gasteiger partial charge on any atom is 0.345 e. The van der Waals surface area contributed by atoms with Gasteiger partial charge in [-0.15, -0.1) is 0 Å². The summed E-state index contributed by atoms with van der Waals surface area (Å²) in [5.41, 5.74) is 0. The van der Waals surface area contributed by atoms with Crippen molar-refractivity contribution in [2.75, 3.05) is 0 Å². The standard InChI is InChI=1S/C37H72O4/c1-3-5-7-9-11-13-15-17-18-19-20-22-24-26-28-30-32-34-36(38)41-35(37(39)40)33-31-29-27-25-23-21-16-14-12-10-8-6-4-2/h35H,3-34H2,1-2H3,(H,39,40). The Kier molecular flexibility index (Phi) is 32.6. The Morgan fingerprint density at radius 2 is 0.707 bits per heavy atom. The van der Waals surface area contributed by atoms with Gasteiger partial charge in [-0.1, -0.05) is 194 Å². The molecule has 1 atom stereocenters. The first kappa shape index (κ1) is 39.9. The van der Waals surface area contributed by atoms with Crippen LogP contribution in [0.3, 0.4) is 0 Å². The van der Waals surface area contributed by atoms with Gasteiger partial charge in [0, 0.05) is 6.42 Å². The average Bonchev–Trinajstić information content (AvgIpc) is 2.96. The van der Waals surface area contributed by atoms with Gasteiger partial charge >= 0.3 is 11.9 Å². The first-order chi connectivity index (χ1) is 20.1. The zero-order valence-corrected chi connectivity index (χ0v) is 27.9. The summed E-state index contributed by atoms with van der Waals surface area (Å²) < 4.78 is 5.31. The summed E-state index contributed by atoms with van der Waals surface area (Å²) in [4.78, 5) is 23.7. The van der Waals surface area contributed by atoms with Crippen molar-refractivity contribution in [1.29, 1.82) is 0 Å². The van der Waals surface area contributed by atoms with Gasteiger partial charge in [0.05, 0.1) is 0 Å². The number of carboxylic acid groups (broad SMARTS) is 1. The second kappa shape index (κ2) is 33.4. The van der Waals surface area contributed by atoms with Gasteiger partial charge in [-0.2, -0.15) is 0 Å². The monoisotopic (exact) mass is 581 g/mol. The van der Waals surface area contributed by atoms with Gasteiger partial charge in [0.25, 0.3) is 0 Å². The molecular formula is C37H72O4. The van der Waals surface area contributed by atoms with Gasteiger partial charge in [-0.05, 0) is 19.3 Å². The number of carbonyl (C=O) groups is 2. The Balaban J connectivity index is 3.50.